The van der Waals surface area contributed by atoms with Crippen molar-refractivity contribution in [3.05, 3.63) is 71.3 Å². The van der Waals surface area contributed by atoms with Gasteiger partial charge in [0.05, 0.1) is 12.1 Å². The van der Waals surface area contributed by atoms with Gasteiger partial charge in [0, 0.05) is 25.2 Å². The minimum absolute atomic E-state index is 0.173. The van der Waals surface area contributed by atoms with Gasteiger partial charge < -0.3 is 10.4 Å². The van der Waals surface area contributed by atoms with Gasteiger partial charge in [-0.25, -0.2) is 8.78 Å². The lowest BCUT2D eigenvalue weighted by Gasteiger charge is -2.51. The Morgan fingerprint density at radius 2 is 1.54 bits per heavy atom. The van der Waals surface area contributed by atoms with E-state index >= 15 is 0 Å². The molecule has 0 amide bonds. The highest BCUT2D eigenvalue weighted by Gasteiger charge is 2.44. The lowest BCUT2D eigenvalue weighted by atomic mass is 9.79. The van der Waals surface area contributed by atoms with Crippen molar-refractivity contribution in [2.24, 2.45) is 0 Å². The second-order valence-corrected chi connectivity index (χ2v) is 7.06. The summed E-state index contributed by atoms with van der Waals surface area (Å²) >= 11 is 0. The van der Waals surface area contributed by atoms with E-state index in [1.807, 2.05) is 0 Å². The maximum absolute atomic E-state index is 13.5. The summed E-state index contributed by atoms with van der Waals surface area (Å²) in [4.78, 5) is 2.29. The fourth-order valence-corrected chi connectivity index (χ4v) is 4.01. The van der Waals surface area contributed by atoms with Crippen LogP contribution in [0.25, 0.3) is 0 Å². The number of piperazine rings is 1. The van der Waals surface area contributed by atoms with E-state index in [-0.39, 0.29) is 30.3 Å². The molecule has 0 radical (unpaired) electrons. The Hall–Kier alpha value is -1.82. The van der Waals surface area contributed by atoms with Gasteiger partial charge in [-0.1, -0.05) is 31.2 Å². The Balaban J connectivity index is 2.19. The number of halogens is 2. The summed E-state index contributed by atoms with van der Waals surface area (Å²) in [5.74, 6) is -0.638. The van der Waals surface area contributed by atoms with Crippen LogP contribution >= 0.6 is 0 Å². The molecule has 3 rings (SSSR count). The monoisotopic (exact) mass is 360 g/mol. The van der Waals surface area contributed by atoms with Crippen LogP contribution in [0.5, 0.6) is 0 Å². The molecule has 1 aliphatic heterocycles. The van der Waals surface area contributed by atoms with Gasteiger partial charge in [-0.3, -0.25) is 4.90 Å². The molecule has 2 aromatic rings. The second kappa shape index (κ2) is 7.82. The van der Waals surface area contributed by atoms with Crippen LogP contribution in [0.1, 0.15) is 31.4 Å². The van der Waals surface area contributed by atoms with Crippen molar-refractivity contribution in [1.29, 1.82) is 0 Å². The van der Waals surface area contributed by atoms with E-state index in [1.165, 1.54) is 24.3 Å². The normalized spacial score (nSPS) is 21.7. The van der Waals surface area contributed by atoms with Crippen LogP contribution in [0, 0.1) is 11.6 Å². The number of nitrogens with zero attached hydrogens (tertiary/aromatic N) is 1. The fraction of sp³-hybridized carbons (Fsp3) is 0.429. The van der Waals surface area contributed by atoms with Gasteiger partial charge in [-0.2, -0.15) is 0 Å². The van der Waals surface area contributed by atoms with E-state index in [2.05, 4.69) is 24.1 Å². The second-order valence-electron chi connectivity index (χ2n) is 7.06. The van der Waals surface area contributed by atoms with Crippen LogP contribution in [0.3, 0.4) is 0 Å². The Bertz CT molecular complexity index is 672. The summed E-state index contributed by atoms with van der Waals surface area (Å²) in [6.07, 6.45) is 0.907. The number of hydrogen-bond acceptors (Lipinski definition) is 3. The maximum Gasteiger partial charge on any atom is 0.123 e. The van der Waals surface area contributed by atoms with Crippen molar-refractivity contribution in [2.45, 2.75) is 37.9 Å². The standard InChI is InChI=1S/C21H26F2N2O/c1-3-20-12-24-15(2)13-25(20)21(14-26,16-4-8-18(22)9-5-16)17-6-10-19(23)11-7-17/h4-11,15,20,24,26H,3,12-14H2,1-2H3/t15-,20+/m0/s1. The van der Waals surface area contributed by atoms with Crippen LogP contribution in [-0.4, -0.2) is 41.8 Å². The quantitative estimate of drug-likeness (QED) is 0.859. The minimum atomic E-state index is -0.849. The highest BCUT2D eigenvalue weighted by Crippen LogP contribution is 2.39. The average molecular weight is 360 g/mol. The van der Waals surface area contributed by atoms with Gasteiger partial charge in [-0.05, 0) is 48.7 Å². The predicted molar refractivity (Wildman–Crippen MR) is 98.9 cm³/mol. The number of rotatable bonds is 5. The van der Waals surface area contributed by atoms with Crippen molar-refractivity contribution in [1.82, 2.24) is 10.2 Å². The first-order valence-corrected chi connectivity index (χ1v) is 9.14. The van der Waals surface area contributed by atoms with E-state index in [4.69, 9.17) is 0 Å². The minimum Gasteiger partial charge on any atom is -0.394 e. The number of nitrogens with one attached hydrogen (secondary N) is 1. The first kappa shape index (κ1) is 19.0. The smallest absolute Gasteiger partial charge is 0.123 e. The molecule has 2 aromatic carbocycles. The summed E-state index contributed by atoms with van der Waals surface area (Å²) in [6, 6.07) is 13.0. The number of aliphatic hydroxyl groups is 1. The van der Waals surface area contributed by atoms with Crippen molar-refractivity contribution >= 4 is 0 Å². The lowest BCUT2D eigenvalue weighted by molar-refractivity contribution is -0.00401. The summed E-state index contributed by atoms with van der Waals surface area (Å²) in [5.41, 5.74) is 0.763. The Morgan fingerprint density at radius 1 is 1.04 bits per heavy atom. The van der Waals surface area contributed by atoms with Crippen molar-refractivity contribution in [3.63, 3.8) is 0 Å². The number of aliphatic hydroxyl groups excluding tert-OH is 1. The zero-order chi connectivity index (χ0) is 18.7. The first-order valence-electron chi connectivity index (χ1n) is 9.14. The summed E-state index contributed by atoms with van der Waals surface area (Å²) in [7, 11) is 0. The molecule has 0 aliphatic carbocycles. The highest BCUT2D eigenvalue weighted by molar-refractivity contribution is 5.40. The van der Waals surface area contributed by atoms with Crippen molar-refractivity contribution in [3.8, 4) is 0 Å². The third kappa shape index (κ3) is 3.39. The molecule has 1 saturated heterocycles. The van der Waals surface area contributed by atoms with Crippen molar-refractivity contribution in [2.75, 3.05) is 19.7 Å². The van der Waals surface area contributed by atoms with Crippen LogP contribution in [-0.2, 0) is 5.54 Å². The fourth-order valence-electron chi connectivity index (χ4n) is 4.01. The van der Waals surface area contributed by atoms with Crippen LogP contribution in [0.4, 0.5) is 8.78 Å². The molecule has 1 aliphatic rings. The van der Waals surface area contributed by atoms with Crippen molar-refractivity contribution < 1.29 is 13.9 Å². The zero-order valence-electron chi connectivity index (χ0n) is 15.3. The molecule has 0 saturated carbocycles. The van der Waals surface area contributed by atoms with E-state index in [9.17, 15) is 13.9 Å². The van der Waals surface area contributed by atoms with Gasteiger partial charge >= 0.3 is 0 Å². The molecule has 0 bridgehead atoms. The van der Waals surface area contributed by atoms with Gasteiger partial charge in [0.1, 0.15) is 11.6 Å². The van der Waals surface area contributed by atoms with Gasteiger partial charge in [-0.15, -0.1) is 0 Å². The first-order chi connectivity index (χ1) is 12.5. The molecule has 26 heavy (non-hydrogen) atoms. The van der Waals surface area contributed by atoms with E-state index < -0.39 is 5.54 Å². The summed E-state index contributed by atoms with van der Waals surface area (Å²) in [5, 5.41) is 14.1. The number of benzene rings is 2. The average Bonchev–Trinajstić information content (AvgIpc) is 2.65. The molecule has 3 nitrogen and oxygen atoms in total. The van der Waals surface area contributed by atoms with Gasteiger partial charge in [0.15, 0.2) is 0 Å². The zero-order valence-corrected chi connectivity index (χ0v) is 15.3. The van der Waals surface area contributed by atoms with Crippen LogP contribution in [0.2, 0.25) is 0 Å². The third-order valence-electron chi connectivity index (χ3n) is 5.45. The molecule has 1 fully saturated rings. The topological polar surface area (TPSA) is 35.5 Å². The Morgan fingerprint density at radius 3 is 1.96 bits per heavy atom. The summed E-state index contributed by atoms with van der Waals surface area (Å²) < 4.78 is 27.1. The van der Waals surface area contributed by atoms with Crippen LogP contribution in [0.15, 0.2) is 48.5 Å². The largest absolute Gasteiger partial charge is 0.394 e. The molecule has 0 unspecified atom stereocenters. The maximum atomic E-state index is 13.5. The molecule has 0 aromatic heterocycles. The summed E-state index contributed by atoms with van der Waals surface area (Å²) in [6.45, 7) is 5.59. The molecule has 140 valence electrons. The molecule has 0 spiro atoms. The van der Waals surface area contributed by atoms with Crippen LogP contribution < -0.4 is 5.32 Å². The van der Waals surface area contributed by atoms with Gasteiger partial charge in [0.25, 0.3) is 0 Å². The highest BCUT2D eigenvalue weighted by atomic mass is 19.1. The Kier molecular flexibility index (Phi) is 5.70. The molecule has 5 heteroatoms. The molecule has 1 heterocycles. The lowest BCUT2D eigenvalue weighted by Crippen LogP contribution is -2.64. The molecule has 2 N–H and O–H groups in total. The van der Waals surface area contributed by atoms with E-state index in [0.29, 0.717) is 0 Å². The number of hydrogen-bond donors (Lipinski definition) is 2. The molecular formula is C21H26F2N2O. The van der Waals surface area contributed by atoms with Gasteiger partial charge in [0.2, 0.25) is 0 Å². The molecular weight excluding hydrogens is 334 g/mol. The third-order valence-corrected chi connectivity index (χ3v) is 5.45. The predicted octanol–water partition coefficient (Wildman–Crippen LogP) is 3.27. The van der Waals surface area contributed by atoms with E-state index in [0.717, 1.165) is 30.6 Å². The SMILES string of the molecule is CC[C@@H]1CN[C@@H](C)CN1C(CO)(c1ccc(F)cc1)c1ccc(F)cc1. The molecule has 2 atom stereocenters. The Labute approximate surface area is 153 Å². The van der Waals surface area contributed by atoms with E-state index in [1.54, 1.807) is 24.3 Å².